The van der Waals surface area contributed by atoms with Crippen molar-refractivity contribution < 1.29 is 0 Å². The van der Waals surface area contributed by atoms with E-state index in [4.69, 9.17) is 0 Å². The van der Waals surface area contributed by atoms with Crippen molar-refractivity contribution in [2.45, 2.75) is 20.3 Å². The first-order valence-electron chi connectivity index (χ1n) is 6.10. The Morgan fingerprint density at radius 2 is 1.78 bits per heavy atom. The second kappa shape index (κ2) is 4.50. The standard InChI is InChI=1S/C15H14N2S/c1-3-11-5-7-12(8-6-11)14-17-13-9-4-10(2)16-15(13)18-14/h4-9H,3H2,1-2H3. The number of aromatic nitrogens is 2. The Hall–Kier alpha value is -1.74. The first-order chi connectivity index (χ1) is 8.76. The van der Waals surface area contributed by atoms with Gasteiger partial charge in [0.05, 0.1) is 0 Å². The lowest BCUT2D eigenvalue weighted by Crippen LogP contribution is -1.80. The fourth-order valence-electron chi connectivity index (χ4n) is 1.92. The van der Waals surface area contributed by atoms with E-state index in [-0.39, 0.29) is 0 Å². The predicted octanol–water partition coefficient (Wildman–Crippen LogP) is 4.23. The average Bonchev–Trinajstić information content (AvgIpc) is 2.81. The highest BCUT2D eigenvalue weighted by molar-refractivity contribution is 7.21. The van der Waals surface area contributed by atoms with E-state index in [2.05, 4.69) is 41.2 Å². The van der Waals surface area contributed by atoms with Crippen LogP contribution in [0.25, 0.3) is 20.9 Å². The molecular weight excluding hydrogens is 240 g/mol. The molecule has 0 bridgehead atoms. The molecule has 2 aromatic heterocycles. The van der Waals surface area contributed by atoms with Crippen molar-refractivity contribution in [2.75, 3.05) is 0 Å². The maximum absolute atomic E-state index is 4.64. The molecule has 2 nitrogen and oxygen atoms in total. The fourth-order valence-corrected chi connectivity index (χ4v) is 2.90. The van der Waals surface area contributed by atoms with Gasteiger partial charge in [-0.15, -0.1) is 0 Å². The highest BCUT2D eigenvalue weighted by Crippen LogP contribution is 2.29. The van der Waals surface area contributed by atoms with Gasteiger partial charge < -0.3 is 0 Å². The highest BCUT2D eigenvalue weighted by atomic mass is 32.1. The second-order valence-corrected chi connectivity index (χ2v) is 5.32. The maximum atomic E-state index is 4.64. The van der Waals surface area contributed by atoms with E-state index in [0.717, 1.165) is 27.5 Å². The monoisotopic (exact) mass is 254 g/mol. The molecule has 0 saturated heterocycles. The summed E-state index contributed by atoms with van der Waals surface area (Å²) in [5.41, 5.74) is 4.56. The first-order valence-corrected chi connectivity index (χ1v) is 6.91. The predicted molar refractivity (Wildman–Crippen MR) is 77.0 cm³/mol. The summed E-state index contributed by atoms with van der Waals surface area (Å²) in [6.45, 7) is 4.17. The maximum Gasteiger partial charge on any atom is 0.144 e. The van der Waals surface area contributed by atoms with E-state index < -0.39 is 0 Å². The van der Waals surface area contributed by atoms with Gasteiger partial charge in [-0.05, 0) is 31.0 Å². The van der Waals surface area contributed by atoms with Crippen LogP contribution in [0.15, 0.2) is 36.4 Å². The van der Waals surface area contributed by atoms with Crippen LogP contribution in [0.3, 0.4) is 0 Å². The number of aryl methyl sites for hydroxylation is 2. The highest BCUT2D eigenvalue weighted by Gasteiger charge is 2.07. The molecule has 0 aliphatic rings. The molecule has 0 N–H and O–H groups in total. The van der Waals surface area contributed by atoms with Gasteiger partial charge in [-0.1, -0.05) is 42.5 Å². The number of benzene rings is 1. The average molecular weight is 254 g/mol. The summed E-state index contributed by atoms with van der Waals surface area (Å²) in [4.78, 5) is 10.2. The molecule has 0 amide bonds. The molecule has 3 rings (SSSR count). The Morgan fingerprint density at radius 1 is 1.00 bits per heavy atom. The number of rotatable bonds is 2. The molecule has 18 heavy (non-hydrogen) atoms. The van der Waals surface area contributed by atoms with Gasteiger partial charge >= 0.3 is 0 Å². The molecule has 2 heterocycles. The third-order valence-corrected chi connectivity index (χ3v) is 4.02. The van der Waals surface area contributed by atoms with Gasteiger partial charge in [-0.3, -0.25) is 0 Å². The molecule has 0 unspecified atom stereocenters. The summed E-state index contributed by atoms with van der Waals surface area (Å²) in [5.74, 6) is 0. The van der Waals surface area contributed by atoms with Gasteiger partial charge in [0.1, 0.15) is 15.4 Å². The van der Waals surface area contributed by atoms with Gasteiger partial charge in [-0.25, -0.2) is 9.97 Å². The molecule has 0 saturated carbocycles. The van der Waals surface area contributed by atoms with Crippen molar-refractivity contribution in [1.82, 2.24) is 9.97 Å². The second-order valence-electron chi connectivity index (χ2n) is 4.35. The summed E-state index contributed by atoms with van der Waals surface area (Å²) in [6, 6.07) is 12.7. The summed E-state index contributed by atoms with van der Waals surface area (Å²) in [5, 5.41) is 1.05. The molecule has 0 spiro atoms. The Balaban J connectivity index is 2.07. The molecule has 0 aliphatic carbocycles. The summed E-state index contributed by atoms with van der Waals surface area (Å²) in [6.07, 6.45) is 1.07. The molecule has 3 aromatic rings. The Kier molecular flexibility index (Phi) is 2.84. The molecule has 0 radical (unpaired) electrons. The van der Waals surface area contributed by atoms with E-state index in [1.54, 1.807) is 11.3 Å². The zero-order valence-corrected chi connectivity index (χ0v) is 11.3. The van der Waals surface area contributed by atoms with Crippen LogP contribution >= 0.6 is 11.3 Å². The normalized spacial score (nSPS) is 11.0. The Bertz CT molecular complexity index is 683. The third kappa shape index (κ3) is 2.02. The number of hydrogen-bond acceptors (Lipinski definition) is 3. The van der Waals surface area contributed by atoms with E-state index >= 15 is 0 Å². The fraction of sp³-hybridized carbons (Fsp3) is 0.200. The van der Waals surface area contributed by atoms with E-state index in [1.165, 1.54) is 11.1 Å². The van der Waals surface area contributed by atoms with Crippen molar-refractivity contribution in [2.24, 2.45) is 0 Å². The molecule has 0 fully saturated rings. The zero-order chi connectivity index (χ0) is 12.5. The van der Waals surface area contributed by atoms with Crippen molar-refractivity contribution >= 4 is 21.7 Å². The largest absolute Gasteiger partial charge is 0.241 e. The lowest BCUT2D eigenvalue weighted by molar-refractivity contribution is 1.14. The van der Waals surface area contributed by atoms with E-state index in [9.17, 15) is 0 Å². The van der Waals surface area contributed by atoms with Gasteiger partial charge in [0.2, 0.25) is 0 Å². The summed E-state index contributed by atoms with van der Waals surface area (Å²) >= 11 is 1.66. The van der Waals surface area contributed by atoms with Crippen molar-refractivity contribution in [3.8, 4) is 10.6 Å². The molecule has 0 atom stereocenters. The minimum absolute atomic E-state index is 0.986. The topological polar surface area (TPSA) is 25.8 Å². The number of thiazole rings is 1. The molecule has 0 aliphatic heterocycles. The molecule has 90 valence electrons. The van der Waals surface area contributed by atoms with Crippen molar-refractivity contribution in [3.63, 3.8) is 0 Å². The van der Waals surface area contributed by atoms with E-state index in [1.807, 2.05) is 19.1 Å². The van der Waals surface area contributed by atoms with Gasteiger partial charge in [-0.2, -0.15) is 0 Å². The van der Waals surface area contributed by atoms with Crippen molar-refractivity contribution in [3.05, 3.63) is 47.7 Å². The van der Waals surface area contributed by atoms with Gasteiger partial charge in [0.15, 0.2) is 0 Å². The third-order valence-electron chi connectivity index (χ3n) is 3.00. The van der Waals surface area contributed by atoms with Crippen LogP contribution in [0.1, 0.15) is 18.2 Å². The first kappa shape index (κ1) is 11.4. The van der Waals surface area contributed by atoms with Gasteiger partial charge in [0.25, 0.3) is 0 Å². The minimum atomic E-state index is 0.986. The Morgan fingerprint density at radius 3 is 2.50 bits per heavy atom. The molecule has 1 aromatic carbocycles. The van der Waals surface area contributed by atoms with Crippen LogP contribution in [0, 0.1) is 6.92 Å². The zero-order valence-electron chi connectivity index (χ0n) is 10.5. The van der Waals surface area contributed by atoms with Crippen LogP contribution in [0.4, 0.5) is 0 Å². The molecule has 3 heteroatoms. The SMILES string of the molecule is CCc1ccc(-c2nc3ccc(C)nc3s2)cc1. The number of fused-ring (bicyclic) bond motifs is 1. The van der Waals surface area contributed by atoms with Crippen LogP contribution < -0.4 is 0 Å². The van der Waals surface area contributed by atoms with E-state index in [0.29, 0.717) is 0 Å². The summed E-state index contributed by atoms with van der Waals surface area (Å²) in [7, 11) is 0. The number of nitrogens with zero attached hydrogens (tertiary/aromatic N) is 2. The minimum Gasteiger partial charge on any atom is -0.241 e. The van der Waals surface area contributed by atoms with Crippen LogP contribution in [-0.4, -0.2) is 9.97 Å². The summed E-state index contributed by atoms with van der Waals surface area (Å²) < 4.78 is 0. The molecular formula is C15H14N2S. The quantitative estimate of drug-likeness (QED) is 0.684. The number of hydrogen-bond donors (Lipinski definition) is 0. The van der Waals surface area contributed by atoms with Crippen LogP contribution in [-0.2, 0) is 6.42 Å². The van der Waals surface area contributed by atoms with Crippen molar-refractivity contribution in [1.29, 1.82) is 0 Å². The smallest absolute Gasteiger partial charge is 0.144 e. The Labute approximate surface area is 110 Å². The number of pyridine rings is 1. The van der Waals surface area contributed by atoms with Crippen LogP contribution in [0.2, 0.25) is 0 Å². The van der Waals surface area contributed by atoms with Gasteiger partial charge in [0, 0.05) is 11.3 Å². The lowest BCUT2D eigenvalue weighted by atomic mass is 10.1. The van der Waals surface area contributed by atoms with Crippen LogP contribution in [0.5, 0.6) is 0 Å². The lowest BCUT2D eigenvalue weighted by Gasteiger charge is -1.98.